The molecule has 0 amide bonds. The SMILES string of the molecule is COc1ccc(Nc2cc(C)nc(Nc3ccc(C)cc3C)n2)cc1OC. The van der Waals surface area contributed by atoms with Crippen LogP contribution in [0.4, 0.5) is 23.1 Å². The summed E-state index contributed by atoms with van der Waals surface area (Å²) in [6, 6.07) is 13.8. The molecular formula is C21H24N4O2. The van der Waals surface area contributed by atoms with Crippen LogP contribution in [0.25, 0.3) is 0 Å². The van der Waals surface area contributed by atoms with Crippen molar-refractivity contribution in [3.63, 3.8) is 0 Å². The molecule has 0 aliphatic rings. The predicted molar refractivity (Wildman–Crippen MR) is 109 cm³/mol. The molecule has 3 rings (SSSR count). The summed E-state index contributed by atoms with van der Waals surface area (Å²) in [7, 11) is 3.23. The zero-order valence-electron chi connectivity index (χ0n) is 16.3. The molecule has 140 valence electrons. The van der Waals surface area contributed by atoms with Gasteiger partial charge in [-0.25, -0.2) is 4.98 Å². The van der Waals surface area contributed by atoms with Crippen molar-refractivity contribution in [2.24, 2.45) is 0 Å². The maximum absolute atomic E-state index is 5.35. The van der Waals surface area contributed by atoms with Gasteiger partial charge in [-0.15, -0.1) is 0 Å². The maximum atomic E-state index is 5.35. The van der Waals surface area contributed by atoms with Gasteiger partial charge in [0.25, 0.3) is 0 Å². The average Bonchev–Trinajstić information content (AvgIpc) is 2.63. The molecule has 2 aromatic carbocycles. The van der Waals surface area contributed by atoms with Crippen LogP contribution >= 0.6 is 0 Å². The van der Waals surface area contributed by atoms with Crippen molar-refractivity contribution in [3.8, 4) is 11.5 Å². The third-order valence-electron chi connectivity index (χ3n) is 4.14. The third kappa shape index (κ3) is 4.47. The molecule has 27 heavy (non-hydrogen) atoms. The second kappa shape index (κ2) is 7.95. The first-order valence-electron chi connectivity index (χ1n) is 8.67. The van der Waals surface area contributed by atoms with E-state index < -0.39 is 0 Å². The minimum absolute atomic E-state index is 0.546. The van der Waals surface area contributed by atoms with Crippen molar-refractivity contribution in [1.29, 1.82) is 0 Å². The minimum atomic E-state index is 0.546. The van der Waals surface area contributed by atoms with E-state index in [1.807, 2.05) is 37.3 Å². The summed E-state index contributed by atoms with van der Waals surface area (Å²) in [5.41, 5.74) is 5.07. The Kier molecular flexibility index (Phi) is 5.45. The molecular weight excluding hydrogens is 340 g/mol. The fourth-order valence-electron chi connectivity index (χ4n) is 2.82. The highest BCUT2D eigenvalue weighted by Gasteiger charge is 2.08. The second-order valence-corrected chi connectivity index (χ2v) is 6.36. The number of anilines is 4. The van der Waals surface area contributed by atoms with Crippen LogP contribution in [0, 0.1) is 20.8 Å². The number of aromatic nitrogens is 2. The van der Waals surface area contributed by atoms with Gasteiger partial charge >= 0.3 is 0 Å². The van der Waals surface area contributed by atoms with Gasteiger partial charge in [0.05, 0.1) is 14.2 Å². The van der Waals surface area contributed by atoms with E-state index in [0.29, 0.717) is 23.3 Å². The molecule has 0 fully saturated rings. The highest BCUT2D eigenvalue weighted by molar-refractivity contribution is 5.64. The summed E-state index contributed by atoms with van der Waals surface area (Å²) in [6.45, 7) is 6.08. The van der Waals surface area contributed by atoms with Gasteiger partial charge in [0.1, 0.15) is 5.82 Å². The Morgan fingerprint density at radius 1 is 0.778 bits per heavy atom. The molecule has 3 aromatic rings. The molecule has 1 heterocycles. The molecule has 0 aliphatic carbocycles. The molecule has 0 atom stereocenters. The fourth-order valence-corrected chi connectivity index (χ4v) is 2.82. The molecule has 0 unspecified atom stereocenters. The molecule has 0 aliphatic heterocycles. The lowest BCUT2D eigenvalue weighted by atomic mass is 10.1. The number of hydrogen-bond acceptors (Lipinski definition) is 6. The number of nitrogens with zero attached hydrogens (tertiary/aromatic N) is 2. The van der Waals surface area contributed by atoms with Crippen molar-refractivity contribution in [2.45, 2.75) is 20.8 Å². The summed E-state index contributed by atoms with van der Waals surface area (Å²) >= 11 is 0. The highest BCUT2D eigenvalue weighted by Crippen LogP contribution is 2.31. The van der Waals surface area contributed by atoms with Crippen LogP contribution in [0.3, 0.4) is 0 Å². The predicted octanol–water partition coefficient (Wildman–Crippen LogP) is 4.91. The highest BCUT2D eigenvalue weighted by atomic mass is 16.5. The number of ether oxygens (including phenoxy) is 2. The third-order valence-corrected chi connectivity index (χ3v) is 4.14. The van der Waals surface area contributed by atoms with Crippen LogP contribution in [0.5, 0.6) is 11.5 Å². The Hall–Kier alpha value is -3.28. The number of rotatable bonds is 6. The Morgan fingerprint density at radius 3 is 2.26 bits per heavy atom. The van der Waals surface area contributed by atoms with Crippen molar-refractivity contribution in [2.75, 3.05) is 24.9 Å². The summed E-state index contributed by atoms with van der Waals surface area (Å²) in [5, 5.41) is 6.59. The van der Waals surface area contributed by atoms with E-state index in [4.69, 9.17) is 9.47 Å². The van der Waals surface area contributed by atoms with Crippen LogP contribution < -0.4 is 20.1 Å². The Morgan fingerprint density at radius 2 is 1.56 bits per heavy atom. The molecule has 0 saturated carbocycles. The largest absolute Gasteiger partial charge is 0.493 e. The average molecular weight is 364 g/mol. The molecule has 0 bridgehead atoms. The smallest absolute Gasteiger partial charge is 0.229 e. The number of methoxy groups -OCH3 is 2. The normalized spacial score (nSPS) is 10.4. The van der Waals surface area contributed by atoms with Gasteiger partial charge in [0, 0.05) is 29.2 Å². The Balaban J connectivity index is 1.85. The topological polar surface area (TPSA) is 68.3 Å². The van der Waals surface area contributed by atoms with E-state index >= 15 is 0 Å². The van der Waals surface area contributed by atoms with Crippen molar-refractivity contribution in [3.05, 3.63) is 59.3 Å². The van der Waals surface area contributed by atoms with Gasteiger partial charge < -0.3 is 20.1 Å². The van der Waals surface area contributed by atoms with E-state index in [2.05, 4.69) is 46.6 Å². The first-order chi connectivity index (χ1) is 13.0. The summed E-state index contributed by atoms with van der Waals surface area (Å²) < 4.78 is 10.6. The van der Waals surface area contributed by atoms with Gasteiger partial charge in [0.15, 0.2) is 11.5 Å². The van der Waals surface area contributed by atoms with Crippen LogP contribution in [0.1, 0.15) is 16.8 Å². The van der Waals surface area contributed by atoms with E-state index in [1.165, 1.54) is 5.56 Å². The van der Waals surface area contributed by atoms with E-state index in [-0.39, 0.29) is 0 Å². The molecule has 0 saturated heterocycles. The zero-order chi connectivity index (χ0) is 19.4. The molecule has 6 heteroatoms. The summed E-state index contributed by atoms with van der Waals surface area (Å²) in [4.78, 5) is 9.07. The van der Waals surface area contributed by atoms with E-state index in [9.17, 15) is 0 Å². The van der Waals surface area contributed by atoms with Gasteiger partial charge in [-0.3, -0.25) is 0 Å². The molecule has 6 nitrogen and oxygen atoms in total. The van der Waals surface area contributed by atoms with Gasteiger partial charge in [-0.05, 0) is 44.5 Å². The molecule has 1 aromatic heterocycles. The van der Waals surface area contributed by atoms with Gasteiger partial charge in [0.2, 0.25) is 5.95 Å². The fraction of sp³-hybridized carbons (Fsp3) is 0.238. The van der Waals surface area contributed by atoms with Crippen molar-refractivity contribution < 1.29 is 9.47 Å². The number of aryl methyl sites for hydroxylation is 3. The number of nitrogens with one attached hydrogen (secondary N) is 2. The first kappa shape index (κ1) is 18.5. The van der Waals surface area contributed by atoms with E-state index in [0.717, 1.165) is 22.6 Å². The van der Waals surface area contributed by atoms with Crippen LogP contribution in [0.15, 0.2) is 42.5 Å². The van der Waals surface area contributed by atoms with Gasteiger partial charge in [-0.1, -0.05) is 17.7 Å². The summed E-state index contributed by atoms with van der Waals surface area (Å²) in [6.07, 6.45) is 0. The van der Waals surface area contributed by atoms with Crippen molar-refractivity contribution >= 4 is 23.1 Å². The van der Waals surface area contributed by atoms with Crippen LogP contribution in [-0.4, -0.2) is 24.2 Å². The lowest BCUT2D eigenvalue weighted by Gasteiger charge is -2.13. The lowest BCUT2D eigenvalue weighted by Crippen LogP contribution is -2.03. The van der Waals surface area contributed by atoms with Crippen LogP contribution in [-0.2, 0) is 0 Å². The van der Waals surface area contributed by atoms with Gasteiger partial charge in [-0.2, -0.15) is 4.98 Å². The molecule has 2 N–H and O–H groups in total. The quantitative estimate of drug-likeness (QED) is 0.648. The summed E-state index contributed by atoms with van der Waals surface area (Å²) in [5.74, 6) is 2.58. The van der Waals surface area contributed by atoms with Crippen molar-refractivity contribution in [1.82, 2.24) is 9.97 Å². The first-order valence-corrected chi connectivity index (χ1v) is 8.67. The monoisotopic (exact) mass is 364 g/mol. The van der Waals surface area contributed by atoms with E-state index in [1.54, 1.807) is 14.2 Å². The zero-order valence-corrected chi connectivity index (χ0v) is 16.3. The number of benzene rings is 2. The lowest BCUT2D eigenvalue weighted by molar-refractivity contribution is 0.355. The standard InChI is InChI=1S/C21H24N4O2/c1-13-6-8-17(14(2)10-13)24-21-22-15(3)11-20(25-21)23-16-7-9-18(26-4)19(12-16)27-5/h6-12H,1-5H3,(H2,22,23,24,25). The number of hydrogen-bond donors (Lipinski definition) is 2. The Labute approximate surface area is 159 Å². The molecule has 0 spiro atoms. The molecule has 0 radical (unpaired) electrons. The van der Waals surface area contributed by atoms with Crippen LogP contribution in [0.2, 0.25) is 0 Å². The maximum Gasteiger partial charge on any atom is 0.229 e. The second-order valence-electron chi connectivity index (χ2n) is 6.36. The minimum Gasteiger partial charge on any atom is -0.493 e. The Bertz CT molecular complexity index is 957.